The minimum Gasteiger partial charge on any atom is -0.480 e. The van der Waals surface area contributed by atoms with Crippen LogP contribution in [0.25, 0.3) is 0 Å². The van der Waals surface area contributed by atoms with Crippen molar-refractivity contribution in [1.82, 2.24) is 45.2 Å². The molecule has 10 N–H and O–H groups in total. The fourth-order valence-corrected chi connectivity index (χ4v) is 14.9. The molecule has 35 nitrogen and oxygen atoms in total. The molecule has 628 valence electrons. The minimum atomic E-state index is -2.15. The van der Waals surface area contributed by atoms with E-state index in [4.69, 9.17) is 29.4 Å². The number of benzene rings is 3. The Morgan fingerprint density at radius 1 is 0.798 bits per heavy atom. The van der Waals surface area contributed by atoms with E-state index in [1.165, 1.54) is 50.2 Å². The number of aryl methyl sites for hydroxylation is 1. The average molecular weight is 1620 g/mol. The van der Waals surface area contributed by atoms with Crippen LogP contribution >= 0.6 is 11.8 Å². The maximum atomic E-state index is 15.1. The molecule has 4 aromatic rings. The molecule has 18 atom stereocenters. The second-order valence-electron chi connectivity index (χ2n) is 30.0. The first-order valence-corrected chi connectivity index (χ1v) is 39.1. The normalized spacial score (nSPS) is 20.1. The highest BCUT2D eigenvalue weighted by molar-refractivity contribution is 7.99. The number of carbonyl (C=O) groups is 11. The number of nitrogens with one attached hydrogen (secondary N) is 2. The van der Waals surface area contributed by atoms with Crippen LogP contribution in [0.4, 0.5) is 10.5 Å². The van der Waals surface area contributed by atoms with E-state index in [1.54, 1.807) is 89.2 Å². The van der Waals surface area contributed by atoms with Gasteiger partial charge < -0.3 is 85.4 Å². The Bertz CT molecular complexity index is 3970. The number of aliphatic hydroxyl groups is 4. The molecule has 0 spiro atoms. The van der Waals surface area contributed by atoms with Crippen LogP contribution in [0.3, 0.4) is 0 Å². The van der Waals surface area contributed by atoms with Crippen molar-refractivity contribution < 1.29 is 112 Å². The summed E-state index contributed by atoms with van der Waals surface area (Å²) in [6, 6.07) is 13.6. The van der Waals surface area contributed by atoms with Crippen LogP contribution in [0, 0.1) is 39.7 Å². The second-order valence-corrected chi connectivity index (χ2v) is 31.1. The molecule has 114 heavy (non-hydrogen) atoms. The van der Waals surface area contributed by atoms with Crippen molar-refractivity contribution in [3.63, 3.8) is 0 Å². The molecule has 6 rings (SSSR count). The Kier molecular flexibility index (Phi) is 35.4. The number of amides is 7. The predicted octanol–water partition coefficient (Wildman–Crippen LogP) is 3.60. The number of nitro benzene ring substituents is 1. The number of aliphatic hydroxyl groups excluding tert-OH is 4. The number of aliphatic carboxylic acids is 2. The summed E-state index contributed by atoms with van der Waals surface area (Å²) in [6.07, 6.45) is -12.1. The van der Waals surface area contributed by atoms with Crippen molar-refractivity contribution in [2.75, 3.05) is 54.7 Å². The van der Waals surface area contributed by atoms with Crippen molar-refractivity contribution in [3.05, 3.63) is 117 Å². The molecule has 0 saturated carbocycles. The van der Waals surface area contributed by atoms with Crippen molar-refractivity contribution in [3.8, 4) is 5.75 Å². The molecule has 0 bridgehead atoms. The zero-order valence-electron chi connectivity index (χ0n) is 66.8. The van der Waals surface area contributed by atoms with Gasteiger partial charge in [0.1, 0.15) is 59.4 Å². The number of likely N-dealkylation sites (N-methyl/N-ethyl adjacent to an activating group) is 3. The van der Waals surface area contributed by atoms with Gasteiger partial charge >= 0.3 is 23.7 Å². The van der Waals surface area contributed by atoms with Crippen LogP contribution in [-0.2, 0) is 92.7 Å². The van der Waals surface area contributed by atoms with Gasteiger partial charge in [-0.3, -0.25) is 62.8 Å². The summed E-state index contributed by atoms with van der Waals surface area (Å²) in [4.78, 5) is 166. The molecule has 3 aromatic carbocycles. The first-order chi connectivity index (χ1) is 53.8. The number of hydrogen-bond acceptors (Lipinski definition) is 25. The monoisotopic (exact) mass is 1620 g/mol. The molecule has 0 aliphatic carbocycles. The zero-order valence-corrected chi connectivity index (χ0v) is 67.7. The molecule has 3 heterocycles. The summed E-state index contributed by atoms with van der Waals surface area (Å²) in [6.45, 7) is 13.8. The molecule has 2 fully saturated rings. The number of carbonyl (C=O) groups excluding carboxylic acids is 9. The topological polar surface area (TPSA) is 492 Å². The standard InChI is InChI=1S/C78H111N11O24S/c1-15-43(6)65(58(109-12)38-62(94)88-30-19-22-53(88)70(110-13)45(8)55(91)32-44(7)66(95)48-20-17-16-18-21-48)85(10)74(101)63(41(2)3)81-73(100)64(42(4)5)86(11)78(106)112-57(49-27-28-56(54(35-49)89(107)108)111-77-69(98)67(96)68(97)71(113-77)76(104)105)36-50-39-87(83-82-50)31-29-52(72(79)99)80-60(92)40-84(9)61(93)34-47-25-23-46(24-26-47)33-51(90)37-59(114-14)75(102)103/h16-18,20-21,23-28,35,39,41-45,52-53,57-59,63-71,77,95-98H,15,19,22,29-34,36-38,40H2,1-14H3,(H2,79,99)(H,80,92)(H,81,100)(H,102,103)(H,104,105)/t43-,44-,45-,52?,53?,57?,58+,59?,63?,64-,65-,66+,67?,68?,69?,70+,71?,77?/m1/s1. The number of nitro groups is 1. The van der Waals surface area contributed by atoms with E-state index < -0.39 is 191 Å². The highest BCUT2D eigenvalue weighted by atomic mass is 32.2. The summed E-state index contributed by atoms with van der Waals surface area (Å²) < 4.78 is 30.4. The largest absolute Gasteiger partial charge is 0.480 e. The van der Waals surface area contributed by atoms with Gasteiger partial charge in [-0.05, 0) is 77.5 Å². The number of nitrogens with two attached hydrogens (primary N) is 1. The van der Waals surface area contributed by atoms with Crippen LogP contribution in [0.5, 0.6) is 5.75 Å². The highest BCUT2D eigenvalue weighted by Crippen LogP contribution is 2.37. The number of Topliss-reactive ketones (excluding diaryl/α,β-unsaturated/α-hetero) is 2. The third-order valence-corrected chi connectivity index (χ3v) is 22.0. The Labute approximate surface area is 666 Å². The molecule has 36 heteroatoms. The van der Waals surface area contributed by atoms with E-state index in [9.17, 15) is 88.7 Å². The quantitative estimate of drug-likeness (QED) is 0.0226. The summed E-state index contributed by atoms with van der Waals surface area (Å²) in [5, 5.41) is 87.4. The number of primary amides is 1. The Balaban J connectivity index is 1.19. The summed E-state index contributed by atoms with van der Waals surface area (Å²) in [7, 11) is 7.14. The Hall–Kier alpha value is -9.56. The molecule has 2 aliphatic rings. The maximum absolute atomic E-state index is 15.1. The van der Waals surface area contributed by atoms with Crippen LogP contribution in [0.15, 0.2) is 79.0 Å². The van der Waals surface area contributed by atoms with Crippen LogP contribution < -0.4 is 21.1 Å². The number of ether oxygens (including phenoxy) is 5. The van der Waals surface area contributed by atoms with Gasteiger partial charge in [-0.25, -0.2) is 9.59 Å². The van der Waals surface area contributed by atoms with Crippen molar-refractivity contribution in [2.24, 2.45) is 35.3 Å². The van der Waals surface area contributed by atoms with Crippen molar-refractivity contribution >= 4 is 82.5 Å². The molecule has 10 unspecified atom stereocenters. The first-order valence-electron chi connectivity index (χ1n) is 37.8. The smallest absolute Gasteiger partial charge is 0.410 e. The van der Waals surface area contributed by atoms with Crippen LogP contribution in [0.2, 0.25) is 0 Å². The lowest BCUT2D eigenvalue weighted by Gasteiger charge is -2.41. The molecular weight excluding hydrogens is 1510 g/mol. The van der Waals surface area contributed by atoms with E-state index in [2.05, 4.69) is 20.9 Å². The number of nitrogens with zero attached hydrogens (tertiary/aromatic N) is 8. The average Bonchev–Trinajstić information content (AvgIpc) is 1.51. The van der Waals surface area contributed by atoms with Gasteiger partial charge in [-0.2, -0.15) is 0 Å². The molecular formula is C78H111N11O24S. The predicted molar refractivity (Wildman–Crippen MR) is 412 cm³/mol. The number of carboxylic acids is 2. The van der Waals surface area contributed by atoms with Crippen molar-refractivity contribution in [2.45, 2.75) is 217 Å². The van der Waals surface area contributed by atoms with Gasteiger partial charge in [0.25, 0.3) is 0 Å². The number of rotatable bonds is 44. The summed E-state index contributed by atoms with van der Waals surface area (Å²) >= 11 is 1.06. The van der Waals surface area contributed by atoms with E-state index >= 15 is 4.79 Å². The number of aromatic nitrogens is 3. The van der Waals surface area contributed by atoms with Gasteiger partial charge in [0, 0.05) is 92.3 Å². The number of thioether (sulfide) groups is 1. The summed E-state index contributed by atoms with van der Waals surface area (Å²) in [5.41, 5.74) is 6.67. The molecule has 2 saturated heterocycles. The van der Waals surface area contributed by atoms with Gasteiger partial charge in [0.15, 0.2) is 11.9 Å². The Morgan fingerprint density at radius 2 is 1.45 bits per heavy atom. The van der Waals surface area contributed by atoms with Gasteiger partial charge in [0.05, 0.1) is 60.4 Å². The van der Waals surface area contributed by atoms with Crippen molar-refractivity contribution in [1.29, 1.82) is 0 Å². The number of hydrogen-bond donors (Lipinski definition) is 9. The third-order valence-electron chi connectivity index (χ3n) is 21.1. The fraction of sp³-hybridized carbons (Fsp3) is 0.603. The lowest BCUT2D eigenvalue weighted by atomic mass is 9.85. The lowest BCUT2D eigenvalue weighted by Crippen LogP contribution is -2.61. The lowest BCUT2D eigenvalue weighted by molar-refractivity contribution is -0.387. The second kappa shape index (κ2) is 43.2. The number of carboxylic acid groups (broad SMARTS) is 2. The number of likely N-dealkylation sites (tertiary alicyclic amines) is 1. The van der Waals surface area contributed by atoms with Gasteiger partial charge in [-0.1, -0.05) is 128 Å². The molecule has 1 aromatic heterocycles. The first kappa shape index (κ1) is 93.3. The van der Waals surface area contributed by atoms with E-state index in [-0.39, 0.29) is 79.7 Å². The minimum absolute atomic E-state index is 0.00810. The summed E-state index contributed by atoms with van der Waals surface area (Å²) in [5.74, 6) is -10.3. The number of methoxy groups -OCH3 is 2. The molecule has 0 radical (unpaired) electrons. The SMILES string of the molecule is CC[C@@H](C)[C@H]([C@H](CC(=O)N1CCCC1[C@@H](OC)[C@H](C)C(=O)C[C@@H](C)[C@H](O)c1ccccc1)OC)N(C)C(=O)C(NC(=O)[C@@H](C(C)C)N(C)C(=O)OC(Cc1cn(CCC(NC(=O)CN(C)C(=O)Cc2ccc(CC(=O)CC(SC)C(=O)O)cc2)C(N)=O)nn1)c1ccc(OC2OC(C(=O)O)C(O)C(O)C2O)c([N+](=O)[O-])c1)C(C)C. The Morgan fingerprint density at radius 3 is 2.02 bits per heavy atom. The van der Waals surface area contributed by atoms with Gasteiger partial charge in [0.2, 0.25) is 41.7 Å². The van der Waals surface area contributed by atoms with E-state index in [0.29, 0.717) is 42.5 Å². The van der Waals surface area contributed by atoms with Gasteiger partial charge in [-0.15, -0.1) is 16.9 Å². The maximum Gasteiger partial charge on any atom is 0.410 e. The molecule has 7 amide bonds. The highest BCUT2D eigenvalue weighted by Gasteiger charge is 2.50. The third kappa shape index (κ3) is 25.0. The van der Waals surface area contributed by atoms with Crippen LogP contribution in [0.1, 0.15) is 140 Å². The van der Waals surface area contributed by atoms with E-state index in [1.807, 2.05) is 39.0 Å². The number of ketones is 2. The molecule has 2 aliphatic heterocycles. The van der Waals surface area contributed by atoms with E-state index in [0.717, 1.165) is 33.7 Å². The fourth-order valence-electron chi connectivity index (χ4n) is 14.3. The zero-order chi connectivity index (χ0) is 84.9. The van der Waals surface area contributed by atoms with Crippen LogP contribution in [-0.4, -0.2) is 268 Å².